The van der Waals surface area contributed by atoms with Crippen LogP contribution in [0.15, 0.2) is 18.2 Å². The monoisotopic (exact) mass is 288 g/mol. The molecule has 0 fully saturated rings. The topological polar surface area (TPSA) is 64.3 Å². The largest absolute Gasteiger partial charge is 0.480 e. The van der Waals surface area contributed by atoms with Gasteiger partial charge in [-0.15, -0.1) is 6.42 Å². The van der Waals surface area contributed by atoms with Crippen LogP contribution in [-0.4, -0.2) is 24.6 Å². The van der Waals surface area contributed by atoms with Gasteiger partial charge in [0.05, 0.1) is 6.54 Å². The molecule has 2 unspecified atom stereocenters. The second-order valence-electron chi connectivity index (χ2n) is 5.12. The number of para-hydroxylation sites is 1. The van der Waals surface area contributed by atoms with Gasteiger partial charge in [-0.1, -0.05) is 31.0 Å². The van der Waals surface area contributed by atoms with E-state index in [2.05, 4.69) is 18.2 Å². The van der Waals surface area contributed by atoms with Crippen molar-refractivity contribution in [3.05, 3.63) is 29.3 Å². The lowest BCUT2D eigenvalue weighted by Gasteiger charge is -2.20. The number of hydrogen-bond donors (Lipinski definition) is 2. The van der Waals surface area contributed by atoms with E-state index >= 15 is 0 Å². The average molecular weight is 288 g/mol. The summed E-state index contributed by atoms with van der Waals surface area (Å²) in [6.45, 7) is 5.93. The smallest absolute Gasteiger partial charge is 0.261 e. The van der Waals surface area contributed by atoms with Crippen LogP contribution in [0.25, 0.3) is 0 Å². The molecule has 0 aromatic heterocycles. The van der Waals surface area contributed by atoms with Crippen molar-refractivity contribution in [2.75, 3.05) is 6.54 Å². The van der Waals surface area contributed by atoms with Gasteiger partial charge in [0.2, 0.25) is 0 Å². The maximum Gasteiger partial charge on any atom is 0.261 e. The first-order valence-electron chi connectivity index (χ1n) is 7.21. The minimum Gasteiger partial charge on any atom is -0.480 e. The number of carbonyl (C=O) groups is 1. The molecule has 0 heterocycles. The van der Waals surface area contributed by atoms with Crippen molar-refractivity contribution in [3.8, 4) is 18.1 Å². The summed E-state index contributed by atoms with van der Waals surface area (Å²) in [5, 5.41) is 2.62. The molecule has 114 valence electrons. The first-order chi connectivity index (χ1) is 9.99. The van der Waals surface area contributed by atoms with Crippen molar-refractivity contribution in [1.29, 1.82) is 0 Å². The summed E-state index contributed by atoms with van der Waals surface area (Å²) < 4.78 is 5.84. The van der Waals surface area contributed by atoms with E-state index in [1.807, 2.05) is 25.1 Å². The van der Waals surface area contributed by atoms with Gasteiger partial charge in [-0.3, -0.25) is 4.79 Å². The standard InChI is InChI=1S/C17H24N2O2/c1-5-10-19-17(20)13(4)21-16-12(3)8-7-9-14(16)11-15(18)6-2/h1,7-9,13,15H,6,10-11,18H2,2-4H3,(H,19,20). The van der Waals surface area contributed by atoms with Crippen molar-refractivity contribution < 1.29 is 9.53 Å². The molecule has 4 heteroatoms. The maximum atomic E-state index is 11.9. The molecule has 0 bridgehead atoms. The minimum atomic E-state index is -0.601. The number of nitrogens with one attached hydrogen (secondary N) is 1. The van der Waals surface area contributed by atoms with Gasteiger partial charge in [-0.05, 0) is 37.8 Å². The molecule has 0 aliphatic carbocycles. The van der Waals surface area contributed by atoms with Gasteiger partial charge in [-0.25, -0.2) is 0 Å². The van der Waals surface area contributed by atoms with Gasteiger partial charge < -0.3 is 15.8 Å². The highest BCUT2D eigenvalue weighted by Gasteiger charge is 2.18. The number of benzene rings is 1. The number of terminal acetylenes is 1. The van der Waals surface area contributed by atoms with E-state index < -0.39 is 6.10 Å². The molecular weight excluding hydrogens is 264 g/mol. The summed E-state index contributed by atoms with van der Waals surface area (Å²) in [4.78, 5) is 11.9. The van der Waals surface area contributed by atoms with Gasteiger partial charge in [0.15, 0.2) is 6.10 Å². The molecule has 1 amide bonds. The van der Waals surface area contributed by atoms with E-state index in [-0.39, 0.29) is 18.5 Å². The van der Waals surface area contributed by atoms with Gasteiger partial charge in [0.25, 0.3) is 5.91 Å². The van der Waals surface area contributed by atoms with Gasteiger partial charge in [0.1, 0.15) is 5.75 Å². The Labute approximate surface area is 127 Å². The number of carbonyl (C=O) groups excluding carboxylic acids is 1. The Morgan fingerprint density at radius 3 is 2.86 bits per heavy atom. The summed E-state index contributed by atoms with van der Waals surface area (Å²) in [7, 11) is 0. The third-order valence-corrected chi connectivity index (χ3v) is 3.33. The molecule has 4 nitrogen and oxygen atoms in total. The third-order valence-electron chi connectivity index (χ3n) is 3.33. The molecule has 1 rings (SSSR count). The minimum absolute atomic E-state index is 0.0831. The van der Waals surface area contributed by atoms with Crippen molar-refractivity contribution in [2.45, 2.75) is 45.8 Å². The van der Waals surface area contributed by atoms with Crippen LogP contribution in [0.2, 0.25) is 0 Å². The molecular formula is C17H24N2O2. The van der Waals surface area contributed by atoms with E-state index in [1.165, 1.54) is 0 Å². The molecule has 3 N–H and O–H groups in total. The van der Waals surface area contributed by atoms with Crippen molar-refractivity contribution in [1.82, 2.24) is 5.32 Å². The number of ether oxygens (including phenoxy) is 1. The van der Waals surface area contributed by atoms with Crippen LogP contribution < -0.4 is 15.8 Å². The fraction of sp³-hybridized carbons (Fsp3) is 0.471. The Hall–Kier alpha value is -1.99. The lowest BCUT2D eigenvalue weighted by Crippen LogP contribution is -2.36. The predicted molar refractivity (Wildman–Crippen MR) is 85.1 cm³/mol. The molecule has 0 spiro atoms. The van der Waals surface area contributed by atoms with Crippen molar-refractivity contribution in [3.63, 3.8) is 0 Å². The summed E-state index contributed by atoms with van der Waals surface area (Å²) in [5.74, 6) is 2.89. The molecule has 0 saturated carbocycles. The summed E-state index contributed by atoms with van der Waals surface area (Å²) in [5.41, 5.74) is 8.04. The Bertz CT molecular complexity index is 520. The van der Waals surface area contributed by atoms with Crippen LogP contribution in [0.4, 0.5) is 0 Å². The number of amides is 1. The normalized spacial score (nSPS) is 13.1. The Morgan fingerprint density at radius 1 is 1.52 bits per heavy atom. The fourth-order valence-electron chi connectivity index (χ4n) is 1.98. The molecule has 0 aliphatic rings. The lowest BCUT2D eigenvalue weighted by atomic mass is 10.0. The molecule has 0 radical (unpaired) electrons. The second-order valence-corrected chi connectivity index (χ2v) is 5.12. The van der Waals surface area contributed by atoms with Gasteiger partial charge >= 0.3 is 0 Å². The Balaban J connectivity index is 2.86. The van der Waals surface area contributed by atoms with E-state index in [0.29, 0.717) is 0 Å². The zero-order valence-electron chi connectivity index (χ0n) is 13.0. The second kappa shape index (κ2) is 8.33. The van der Waals surface area contributed by atoms with E-state index in [1.54, 1.807) is 6.92 Å². The molecule has 21 heavy (non-hydrogen) atoms. The fourth-order valence-corrected chi connectivity index (χ4v) is 1.98. The van der Waals surface area contributed by atoms with Crippen LogP contribution in [0, 0.1) is 19.3 Å². The van der Waals surface area contributed by atoms with Crippen LogP contribution in [0.1, 0.15) is 31.4 Å². The quantitative estimate of drug-likeness (QED) is 0.752. The number of rotatable bonds is 7. The maximum absolute atomic E-state index is 11.9. The highest BCUT2D eigenvalue weighted by molar-refractivity contribution is 5.81. The van der Waals surface area contributed by atoms with E-state index in [4.69, 9.17) is 16.9 Å². The Kier molecular flexibility index (Phi) is 6.77. The number of nitrogens with two attached hydrogens (primary N) is 1. The summed E-state index contributed by atoms with van der Waals surface area (Å²) in [6.07, 6.45) is 6.15. The lowest BCUT2D eigenvalue weighted by molar-refractivity contribution is -0.127. The average Bonchev–Trinajstić information content (AvgIpc) is 2.47. The Morgan fingerprint density at radius 2 is 2.24 bits per heavy atom. The van der Waals surface area contributed by atoms with Crippen LogP contribution in [0.3, 0.4) is 0 Å². The van der Waals surface area contributed by atoms with Gasteiger partial charge in [0, 0.05) is 6.04 Å². The summed E-state index contributed by atoms with van der Waals surface area (Å²) in [6, 6.07) is 6.01. The molecule has 1 aromatic rings. The number of hydrogen-bond acceptors (Lipinski definition) is 3. The van der Waals surface area contributed by atoms with Crippen LogP contribution in [-0.2, 0) is 11.2 Å². The predicted octanol–water partition coefficient (Wildman–Crippen LogP) is 1.79. The summed E-state index contributed by atoms with van der Waals surface area (Å²) >= 11 is 0. The molecule has 0 saturated heterocycles. The first-order valence-corrected chi connectivity index (χ1v) is 7.21. The SMILES string of the molecule is C#CCNC(=O)C(C)Oc1c(C)cccc1CC(N)CC. The van der Waals surface area contributed by atoms with Crippen LogP contribution in [0.5, 0.6) is 5.75 Å². The highest BCUT2D eigenvalue weighted by Crippen LogP contribution is 2.26. The first kappa shape index (κ1) is 17.1. The highest BCUT2D eigenvalue weighted by atomic mass is 16.5. The van der Waals surface area contributed by atoms with Crippen molar-refractivity contribution >= 4 is 5.91 Å². The van der Waals surface area contributed by atoms with E-state index in [9.17, 15) is 4.79 Å². The zero-order chi connectivity index (χ0) is 15.8. The van der Waals surface area contributed by atoms with Crippen LogP contribution >= 0.6 is 0 Å². The van der Waals surface area contributed by atoms with Crippen molar-refractivity contribution in [2.24, 2.45) is 5.73 Å². The van der Waals surface area contributed by atoms with E-state index in [0.717, 1.165) is 29.7 Å². The molecule has 2 atom stereocenters. The third kappa shape index (κ3) is 5.13. The number of aryl methyl sites for hydroxylation is 1. The molecule has 0 aliphatic heterocycles. The zero-order valence-corrected chi connectivity index (χ0v) is 13.0. The molecule has 1 aromatic carbocycles. The van der Waals surface area contributed by atoms with Gasteiger partial charge in [-0.2, -0.15) is 0 Å².